The molecule has 6 heteroatoms. The van der Waals surface area contributed by atoms with Gasteiger partial charge in [0.05, 0.1) is 5.25 Å². The molecule has 26 heavy (non-hydrogen) atoms. The van der Waals surface area contributed by atoms with E-state index in [9.17, 15) is 4.79 Å². The summed E-state index contributed by atoms with van der Waals surface area (Å²) in [4.78, 5) is 14.5. The second-order valence-electron chi connectivity index (χ2n) is 5.91. The SMILES string of the molecule is CCn1c(S[C@H](C)C(=O)N(C)c2ccccc2)nnc1-c1ccccc1. The molecular weight excluding hydrogens is 344 g/mol. The Morgan fingerprint density at radius 1 is 1.08 bits per heavy atom. The molecule has 2 aromatic carbocycles. The minimum Gasteiger partial charge on any atom is -0.315 e. The van der Waals surface area contributed by atoms with Crippen molar-refractivity contribution in [2.24, 2.45) is 0 Å². The first-order valence-electron chi connectivity index (χ1n) is 8.59. The van der Waals surface area contributed by atoms with Crippen LogP contribution in [-0.2, 0) is 11.3 Å². The number of amides is 1. The van der Waals surface area contributed by atoms with Gasteiger partial charge in [0.25, 0.3) is 0 Å². The Bertz CT molecular complexity index is 864. The van der Waals surface area contributed by atoms with Crippen molar-refractivity contribution < 1.29 is 4.79 Å². The van der Waals surface area contributed by atoms with Gasteiger partial charge in [0.15, 0.2) is 11.0 Å². The summed E-state index contributed by atoms with van der Waals surface area (Å²) in [7, 11) is 1.80. The van der Waals surface area contributed by atoms with Crippen molar-refractivity contribution in [3.05, 3.63) is 60.7 Å². The fraction of sp³-hybridized carbons (Fsp3) is 0.250. The van der Waals surface area contributed by atoms with Crippen LogP contribution < -0.4 is 4.90 Å². The van der Waals surface area contributed by atoms with Gasteiger partial charge in [-0.15, -0.1) is 10.2 Å². The largest absolute Gasteiger partial charge is 0.315 e. The van der Waals surface area contributed by atoms with Gasteiger partial charge < -0.3 is 9.47 Å². The molecule has 1 aromatic heterocycles. The van der Waals surface area contributed by atoms with E-state index in [0.29, 0.717) is 0 Å². The molecule has 0 fully saturated rings. The molecule has 0 unspecified atom stereocenters. The summed E-state index contributed by atoms with van der Waals surface area (Å²) < 4.78 is 2.05. The first-order chi connectivity index (χ1) is 12.6. The molecule has 1 amide bonds. The third kappa shape index (κ3) is 3.80. The summed E-state index contributed by atoms with van der Waals surface area (Å²) in [5, 5.41) is 9.16. The number of hydrogen-bond acceptors (Lipinski definition) is 4. The first-order valence-corrected chi connectivity index (χ1v) is 9.47. The van der Waals surface area contributed by atoms with E-state index in [2.05, 4.69) is 17.1 Å². The zero-order valence-corrected chi connectivity index (χ0v) is 16.0. The van der Waals surface area contributed by atoms with Gasteiger partial charge in [0.2, 0.25) is 5.91 Å². The van der Waals surface area contributed by atoms with Crippen molar-refractivity contribution in [2.45, 2.75) is 30.8 Å². The summed E-state index contributed by atoms with van der Waals surface area (Å²) in [6, 6.07) is 19.6. The van der Waals surface area contributed by atoms with Crippen molar-refractivity contribution in [1.29, 1.82) is 0 Å². The lowest BCUT2D eigenvalue weighted by molar-refractivity contribution is -0.117. The topological polar surface area (TPSA) is 51.0 Å². The van der Waals surface area contributed by atoms with Gasteiger partial charge in [-0.25, -0.2) is 0 Å². The second-order valence-corrected chi connectivity index (χ2v) is 7.22. The third-order valence-corrected chi connectivity index (χ3v) is 5.24. The predicted octanol–water partition coefficient (Wildman–Crippen LogP) is 4.11. The third-order valence-electron chi connectivity index (χ3n) is 4.17. The number of thioether (sulfide) groups is 1. The number of nitrogens with zero attached hydrogens (tertiary/aromatic N) is 4. The number of carbonyl (C=O) groups is 1. The molecule has 0 aliphatic carbocycles. The number of carbonyl (C=O) groups excluding carboxylic acids is 1. The van der Waals surface area contributed by atoms with Gasteiger partial charge in [-0.1, -0.05) is 60.3 Å². The molecule has 1 atom stereocenters. The van der Waals surface area contributed by atoms with Crippen LogP contribution in [0.2, 0.25) is 0 Å². The zero-order valence-electron chi connectivity index (χ0n) is 15.2. The van der Waals surface area contributed by atoms with E-state index in [1.165, 1.54) is 11.8 Å². The molecule has 0 saturated heterocycles. The maximum atomic E-state index is 12.8. The van der Waals surface area contributed by atoms with Crippen LogP contribution in [0.5, 0.6) is 0 Å². The van der Waals surface area contributed by atoms with Gasteiger partial charge >= 0.3 is 0 Å². The lowest BCUT2D eigenvalue weighted by Crippen LogP contribution is -2.33. The number of rotatable bonds is 6. The average molecular weight is 366 g/mol. The highest BCUT2D eigenvalue weighted by Crippen LogP contribution is 2.28. The fourth-order valence-electron chi connectivity index (χ4n) is 2.72. The molecule has 0 aliphatic rings. The van der Waals surface area contributed by atoms with E-state index in [0.717, 1.165) is 28.8 Å². The summed E-state index contributed by atoms with van der Waals surface area (Å²) in [5.74, 6) is 0.861. The maximum Gasteiger partial charge on any atom is 0.240 e. The Labute approximate surface area is 158 Å². The van der Waals surface area contributed by atoms with E-state index >= 15 is 0 Å². The maximum absolute atomic E-state index is 12.8. The fourth-order valence-corrected chi connectivity index (χ4v) is 3.73. The number of para-hydroxylation sites is 1. The number of aromatic nitrogens is 3. The Morgan fingerprint density at radius 2 is 1.69 bits per heavy atom. The highest BCUT2D eigenvalue weighted by Gasteiger charge is 2.23. The number of hydrogen-bond donors (Lipinski definition) is 0. The second kappa shape index (κ2) is 8.19. The molecule has 0 radical (unpaired) electrons. The van der Waals surface area contributed by atoms with E-state index in [1.807, 2.05) is 72.2 Å². The summed E-state index contributed by atoms with van der Waals surface area (Å²) >= 11 is 1.44. The van der Waals surface area contributed by atoms with Gasteiger partial charge in [0.1, 0.15) is 0 Å². The van der Waals surface area contributed by atoms with Crippen LogP contribution in [-0.4, -0.2) is 33.0 Å². The molecule has 1 heterocycles. The van der Waals surface area contributed by atoms with E-state index in [1.54, 1.807) is 11.9 Å². The van der Waals surface area contributed by atoms with E-state index in [4.69, 9.17) is 0 Å². The Balaban J connectivity index is 1.78. The standard InChI is InChI=1S/C20H22N4OS/c1-4-24-18(16-11-7-5-8-12-16)21-22-20(24)26-15(2)19(25)23(3)17-13-9-6-10-14-17/h5-15H,4H2,1-3H3/t15-/m1/s1. The van der Waals surface area contributed by atoms with Crippen LogP contribution in [0.1, 0.15) is 13.8 Å². The molecular formula is C20H22N4OS. The summed E-state index contributed by atoms with van der Waals surface area (Å²) in [6.07, 6.45) is 0. The molecule has 0 saturated carbocycles. The normalized spacial score (nSPS) is 12.0. The minimum atomic E-state index is -0.265. The first kappa shape index (κ1) is 18.2. The highest BCUT2D eigenvalue weighted by atomic mass is 32.2. The number of benzene rings is 2. The van der Waals surface area contributed by atoms with Crippen LogP contribution in [0.4, 0.5) is 5.69 Å². The van der Waals surface area contributed by atoms with Crippen LogP contribution >= 0.6 is 11.8 Å². The predicted molar refractivity (Wildman–Crippen MR) is 106 cm³/mol. The van der Waals surface area contributed by atoms with Crippen LogP contribution in [0.25, 0.3) is 11.4 Å². The molecule has 0 bridgehead atoms. The van der Waals surface area contributed by atoms with Crippen molar-refractivity contribution in [3.8, 4) is 11.4 Å². The van der Waals surface area contributed by atoms with Crippen LogP contribution in [0.15, 0.2) is 65.8 Å². The monoisotopic (exact) mass is 366 g/mol. The average Bonchev–Trinajstić information content (AvgIpc) is 3.10. The quantitative estimate of drug-likeness (QED) is 0.616. The lowest BCUT2D eigenvalue weighted by Gasteiger charge is -2.21. The smallest absolute Gasteiger partial charge is 0.240 e. The summed E-state index contributed by atoms with van der Waals surface area (Å²) in [5.41, 5.74) is 1.90. The van der Waals surface area contributed by atoms with E-state index in [-0.39, 0.29) is 11.2 Å². The molecule has 134 valence electrons. The van der Waals surface area contributed by atoms with Crippen LogP contribution in [0, 0.1) is 0 Å². The summed E-state index contributed by atoms with van der Waals surface area (Å²) in [6.45, 7) is 4.71. The van der Waals surface area contributed by atoms with Gasteiger partial charge in [0, 0.05) is 24.8 Å². The molecule has 5 nitrogen and oxygen atoms in total. The van der Waals surface area contributed by atoms with Gasteiger partial charge in [-0.3, -0.25) is 4.79 Å². The molecule has 3 rings (SSSR count). The number of anilines is 1. The molecule has 0 aliphatic heterocycles. The van der Waals surface area contributed by atoms with Crippen molar-refractivity contribution in [2.75, 3.05) is 11.9 Å². The molecule has 0 N–H and O–H groups in total. The minimum absolute atomic E-state index is 0.0353. The van der Waals surface area contributed by atoms with Gasteiger partial charge in [-0.2, -0.15) is 0 Å². The van der Waals surface area contributed by atoms with E-state index < -0.39 is 0 Å². The van der Waals surface area contributed by atoms with Crippen molar-refractivity contribution in [1.82, 2.24) is 14.8 Å². The highest BCUT2D eigenvalue weighted by molar-refractivity contribution is 8.00. The molecule has 3 aromatic rings. The van der Waals surface area contributed by atoms with Gasteiger partial charge in [-0.05, 0) is 26.0 Å². The molecule has 0 spiro atoms. The Kier molecular flexibility index (Phi) is 5.73. The van der Waals surface area contributed by atoms with Crippen LogP contribution in [0.3, 0.4) is 0 Å². The van der Waals surface area contributed by atoms with Crippen molar-refractivity contribution >= 4 is 23.4 Å². The lowest BCUT2D eigenvalue weighted by atomic mass is 10.2. The Hall–Kier alpha value is -2.60. The zero-order chi connectivity index (χ0) is 18.5. The van der Waals surface area contributed by atoms with Crippen molar-refractivity contribution in [3.63, 3.8) is 0 Å². The Morgan fingerprint density at radius 3 is 2.31 bits per heavy atom.